The van der Waals surface area contributed by atoms with Crippen LogP contribution in [0.5, 0.6) is 0 Å². The molecule has 1 atom stereocenters. The summed E-state index contributed by atoms with van der Waals surface area (Å²) in [7, 11) is 0. The number of allylic oxidation sites excluding steroid dienone is 1. The fourth-order valence-electron chi connectivity index (χ4n) is 3.92. The molecule has 4 rings (SSSR count). The Morgan fingerprint density at radius 2 is 1.84 bits per heavy atom. The molecule has 2 aromatic carbocycles. The monoisotopic (exact) mass is 512 g/mol. The van der Waals surface area contributed by atoms with E-state index >= 15 is 0 Å². The highest BCUT2D eigenvalue weighted by molar-refractivity contribution is 7.99. The maximum Gasteiger partial charge on any atom is 0.338 e. The first-order valence-corrected chi connectivity index (χ1v) is 12.3. The second kappa shape index (κ2) is 11.4. The van der Waals surface area contributed by atoms with Gasteiger partial charge in [-0.15, -0.1) is 0 Å². The maximum atomic E-state index is 14.9. The number of rotatable bonds is 7. The van der Waals surface area contributed by atoms with Gasteiger partial charge >= 0.3 is 5.97 Å². The van der Waals surface area contributed by atoms with Gasteiger partial charge in [-0.25, -0.2) is 14.2 Å². The van der Waals surface area contributed by atoms with Gasteiger partial charge in [0.05, 0.1) is 35.1 Å². The number of esters is 1. The first-order chi connectivity index (χ1) is 18.0. The third kappa shape index (κ3) is 5.32. The van der Waals surface area contributed by atoms with Gasteiger partial charge in [-0.1, -0.05) is 60.3 Å². The Hall–Kier alpha value is -4.60. The molecule has 0 spiro atoms. The number of pyridine rings is 1. The number of nitriles is 2. The SMILES string of the molecule is CCOC(=O)C1=C(CSc2nc(-c3ccccc3)ccc2C#N)OC(N)=C(C#N)[C@H]1c1ccccc1F. The number of nitrogens with two attached hydrogens (primary N) is 1. The second-order valence-electron chi connectivity index (χ2n) is 7.82. The highest BCUT2D eigenvalue weighted by Gasteiger charge is 2.39. The predicted octanol–water partition coefficient (Wildman–Crippen LogP) is 5.18. The van der Waals surface area contributed by atoms with Crippen LogP contribution in [0, 0.1) is 28.5 Å². The lowest BCUT2D eigenvalue weighted by Gasteiger charge is -2.28. The van der Waals surface area contributed by atoms with Crippen molar-refractivity contribution in [2.24, 2.45) is 5.73 Å². The average molecular weight is 513 g/mol. The van der Waals surface area contributed by atoms with Crippen molar-refractivity contribution in [2.75, 3.05) is 12.4 Å². The quantitative estimate of drug-likeness (QED) is 0.340. The topological polar surface area (TPSA) is 122 Å². The molecule has 7 nitrogen and oxygen atoms in total. The molecule has 0 saturated carbocycles. The van der Waals surface area contributed by atoms with Gasteiger partial charge in [-0.05, 0) is 25.1 Å². The fourth-order valence-corrected chi connectivity index (χ4v) is 4.83. The fraction of sp³-hybridized carbons (Fsp3) is 0.143. The van der Waals surface area contributed by atoms with Crippen molar-refractivity contribution in [3.05, 3.63) is 106 Å². The van der Waals surface area contributed by atoms with E-state index in [2.05, 4.69) is 11.1 Å². The first kappa shape index (κ1) is 25.5. The summed E-state index contributed by atoms with van der Waals surface area (Å²) in [5.41, 5.74) is 7.93. The molecule has 0 amide bonds. The number of thioether (sulfide) groups is 1. The van der Waals surface area contributed by atoms with Crippen LogP contribution in [0.25, 0.3) is 11.3 Å². The van der Waals surface area contributed by atoms with Crippen LogP contribution in [0.15, 0.2) is 94.5 Å². The van der Waals surface area contributed by atoms with E-state index in [0.29, 0.717) is 16.3 Å². The minimum absolute atomic E-state index is 0.0251. The lowest BCUT2D eigenvalue weighted by atomic mass is 9.83. The smallest absolute Gasteiger partial charge is 0.338 e. The average Bonchev–Trinajstić information content (AvgIpc) is 2.92. The largest absolute Gasteiger partial charge is 0.463 e. The predicted molar refractivity (Wildman–Crippen MR) is 136 cm³/mol. The standard InChI is InChI=1S/C28H21FN4O3S/c1-2-35-28(34)25-23(36-26(32)20(15-31)24(25)19-10-6-7-11-21(19)29)16-37-27-18(14-30)12-13-22(33-27)17-8-4-3-5-9-17/h3-13,24H,2,16,32H2,1H3/t24-/m1/s1. The normalized spacial score (nSPS) is 15.0. The van der Waals surface area contributed by atoms with Crippen LogP contribution in [-0.4, -0.2) is 23.3 Å². The van der Waals surface area contributed by atoms with Gasteiger partial charge in [0.25, 0.3) is 0 Å². The zero-order chi connectivity index (χ0) is 26.4. The van der Waals surface area contributed by atoms with E-state index in [0.717, 1.165) is 17.3 Å². The van der Waals surface area contributed by atoms with Gasteiger partial charge in [0.2, 0.25) is 5.88 Å². The zero-order valence-electron chi connectivity index (χ0n) is 19.8. The summed E-state index contributed by atoms with van der Waals surface area (Å²) < 4.78 is 25.9. The number of carbonyl (C=O) groups is 1. The minimum Gasteiger partial charge on any atom is -0.463 e. The van der Waals surface area contributed by atoms with Gasteiger partial charge in [-0.2, -0.15) is 10.5 Å². The summed E-state index contributed by atoms with van der Waals surface area (Å²) in [6.45, 7) is 1.70. The number of carbonyl (C=O) groups excluding carboxylic acids is 1. The van der Waals surface area contributed by atoms with Gasteiger partial charge in [0, 0.05) is 11.1 Å². The van der Waals surface area contributed by atoms with Gasteiger partial charge in [0.15, 0.2) is 0 Å². The Labute approximate surface area is 217 Å². The number of hydrogen-bond acceptors (Lipinski definition) is 8. The molecule has 1 aromatic heterocycles. The van der Waals surface area contributed by atoms with Crippen molar-refractivity contribution >= 4 is 17.7 Å². The molecule has 184 valence electrons. The lowest BCUT2D eigenvalue weighted by Crippen LogP contribution is -2.27. The molecule has 37 heavy (non-hydrogen) atoms. The maximum absolute atomic E-state index is 14.9. The molecule has 0 aliphatic carbocycles. The Bertz CT molecular complexity index is 1490. The zero-order valence-corrected chi connectivity index (χ0v) is 20.6. The summed E-state index contributed by atoms with van der Waals surface area (Å²) in [4.78, 5) is 17.7. The first-order valence-electron chi connectivity index (χ1n) is 11.3. The number of halogens is 1. The van der Waals surface area contributed by atoms with E-state index in [-0.39, 0.29) is 40.7 Å². The Kier molecular flexibility index (Phi) is 7.87. The van der Waals surface area contributed by atoms with Crippen molar-refractivity contribution in [1.82, 2.24) is 4.98 Å². The molecule has 0 unspecified atom stereocenters. The van der Waals surface area contributed by atoms with Crippen LogP contribution in [0.2, 0.25) is 0 Å². The summed E-state index contributed by atoms with van der Waals surface area (Å²) >= 11 is 1.16. The van der Waals surface area contributed by atoms with Crippen molar-refractivity contribution in [3.63, 3.8) is 0 Å². The highest BCUT2D eigenvalue weighted by Crippen LogP contribution is 2.42. The summed E-state index contributed by atoms with van der Waals surface area (Å²) in [6.07, 6.45) is 0. The summed E-state index contributed by atoms with van der Waals surface area (Å²) in [5.74, 6) is -2.58. The molecule has 2 N–H and O–H groups in total. The molecule has 3 aromatic rings. The van der Waals surface area contributed by atoms with Crippen LogP contribution in [-0.2, 0) is 14.3 Å². The van der Waals surface area contributed by atoms with Crippen molar-refractivity contribution in [2.45, 2.75) is 17.9 Å². The second-order valence-corrected chi connectivity index (χ2v) is 8.78. The molecular formula is C28H21FN4O3S. The van der Waals surface area contributed by atoms with Crippen molar-refractivity contribution < 1.29 is 18.7 Å². The number of aromatic nitrogens is 1. The van der Waals surface area contributed by atoms with Crippen LogP contribution in [0.4, 0.5) is 4.39 Å². The Morgan fingerprint density at radius 1 is 1.11 bits per heavy atom. The molecular weight excluding hydrogens is 491 g/mol. The van der Waals surface area contributed by atoms with Crippen LogP contribution < -0.4 is 5.73 Å². The lowest BCUT2D eigenvalue weighted by molar-refractivity contribution is -0.139. The van der Waals surface area contributed by atoms with Gasteiger partial charge in [-0.3, -0.25) is 0 Å². The van der Waals surface area contributed by atoms with Crippen LogP contribution in [0.3, 0.4) is 0 Å². The van der Waals surface area contributed by atoms with Crippen LogP contribution in [0.1, 0.15) is 24.0 Å². The Balaban J connectivity index is 1.78. The third-order valence-electron chi connectivity index (χ3n) is 5.60. The molecule has 2 heterocycles. The molecule has 1 aliphatic rings. The Morgan fingerprint density at radius 3 is 2.51 bits per heavy atom. The molecule has 0 radical (unpaired) electrons. The highest BCUT2D eigenvalue weighted by atomic mass is 32.2. The van der Waals surface area contributed by atoms with E-state index in [1.165, 1.54) is 18.2 Å². The molecule has 0 bridgehead atoms. The van der Waals surface area contributed by atoms with E-state index in [1.54, 1.807) is 25.1 Å². The minimum atomic E-state index is -1.12. The number of hydrogen-bond donors (Lipinski definition) is 1. The summed E-state index contributed by atoms with van der Waals surface area (Å²) in [6, 6.07) is 22.8. The third-order valence-corrected chi connectivity index (χ3v) is 6.59. The van der Waals surface area contributed by atoms with E-state index in [1.807, 2.05) is 36.4 Å². The molecule has 1 aliphatic heterocycles. The molecule has 0 fully saturated rings. The number of ether oxygens (including phenoxy) is 2. The number of benzene rings is 2. The van der Waals surface area contributed by atoms with E-state index in [9.17, 15) is 19.7 Å². The van der Waals surface area contributed by atoms with Gasteiger partial charge < -0.3 is 15.2 Å². The van der Waals surface area contributed by atoms with Crippen molar-refractivity contribution in [1.29, 1.82) is 10.5 Å². The van der Waals surface area contributed by atoms with E-state index in [4.69, 9.17) is 15.2 Å². The number of nitrogens with zero attached hydrogens (tertiary/aromatic N) is 3. The van der Waals surface area contributed by atoms with Crippen LogP contribution >= 0.6 is 11.8 Å². The van der Waals surface area contributed by atoms with Crippen molar-refractivity contribution in [3.8, 4) is 23.4 Å². The molecule has 9 heteroatoms. The van der Waals surface area contributed by atoms with E-state index < -0.39 is 17.7 Å². The summed E-state index contributed by atoms with van der Waals surface area (Å²) in [5, 5.41) is 19.8. The van der Waals surface area contributed by atoms with Gasteiger partial charge in [0.1, 0.15) is 34.3 Å². The molecule has 0 saturated heterocycles.